The van der Waals surface area contributed by atoms with Gasteiger partial charge in [-0.2, -0.15) is 0 Å². The summed E-state index contributed by atoms with van der Waals surface area (Å²) in [4.78, 5) is 2.61. The molecule has 1 rings (SSSR count). The Morgan fingerprint density at radius 3 is 2.45 bits per heavy atom. The fraction of sp³-hybridized carbons (Fsp3) is 1.00. The average molecular weight is 284 g/mol. The molecule has 0 saturated heterocycles. The van der Waals surface area contributed by atoms with Gasteiger partial charge in [-0.25, -0.2) is 0 Å². The highest BCUT2D eigenvalue weighted by Crippen LogP contribution is 2.37. The molecule has 3 unspecified atom stereocenters. The molecule has 0 amide bonds. The maximum atomic E-state index is 6.26. The van der Waals surface area contributed by atoms with Gasteiger partial charge in [0.2, 0.25) is 0 Å². The highest BCUT2D eigenvalue weighted by Gasteiger charge is 2.39. The highest BCUT2D eigenvalue weighted by molar-refractivity contribution is 4.96. The standard InChI is InChI=1S/C17H36N2O/c1-6-19(15(4)12-20-5)17(13-18)10-7-8-16(9-11-17)14(2)3/h14-16H,6-13,18H2,1-5H3. The number of ether oxygens (including phenoxy) is 1. The van der Waals surface area contributed by atoms with E-state index < -0.39 is 0 Å². The number of hydrogen-bond donors (Lipinski definition) is 1. The lowest BCUT2D eigenvalue weighted by Crippen LogP contribution is -2.57. The van der Waals surface area contributed by atoms with E-state index in [1.807, 2.05) is 0 Å². The summed E-state index contributed by atoms with van der Waals surface area (Å²) < 4.78 is 5.37. The minimum atomic E-state index is 0.191. The van der Waals surface area contributed by atoms with Crippen LogP contribution in [-0.2, 0) is 4.74 Å². The van der Waals surface area contributed by atoms with Gasteiger partial charge in [0.25, 0.3) is 0 Å². The molecule has 1 aliphatic rings. The van der Waals surface area contributed by atoms with Crippen LogP contribution in [0.1, 0.15) is 59.8 Å². The first-order valence-electron chi connectivity index (χ1n) is 8.46. The van der Waals surface area contributed by atoms with Crippen molar-refractivity contribution in [3.63, 3.8) is 0 Å². The van der Waals surface area contributed by atoms with Gasteiger partial charge in [-0.15, -0.1) is 0 Å². The van der Waals surface area contributed by atoms with Gasteiger partial charge in [-0.1, -0.05) is 33.6 Å². The summed E-state index contributed by atoms with van der Waals surface area (Å²) in [6, 6.07) is 0.448. The summed E-state index contributed by atoms with van der Waals surface area (Å²) in [5.41, 5.74) is 6.45. The van der Waals surface area contributed by atoms with Gasteiger partial charge in [0, 0.05) is 25.2 Å². The maximum absolute atomic E-state index is 6.26. The zero-order chi connectivity index (χ0) is 15.2. The molecule has 1 fully saturated rings. The molecule has 0 bridgehead atoms. The molecule has 0 aromatic heterocycles. The molecule has 0 aromatic rings. The fourth-order valence-electron chi connectivity index (χ4n) is 4.14. The fourth-order valence-corrected chi connectivity index (χ4v) is 4.14. The van der Waals surface area contributed by atoms with Crippen LogP contribution in [0.5, 0.6) is 0 Å². The smallest absolute Gasteiger partial charge is 0.0615 e. The van der Waals surface area contributed by atoms with E-state index >= 15 is 0 Å². The second-order valence-electron chi connectivity index (χ2n) is 6.95. The molecule has 1 saturated carbocycles. The molecule has 3 heteroatoms. The quantitative estimate of drug-likeness (QED) is 0.729. The molecule has 0 aromatic carbocycles. The second-order valence-corrected chi connectivity index (χ2v) is 6.95. The van der Waals surface area contributed by atoms with Crippen molar-refractivity contribution in [3.8, 4) is 0 Å². The van der Waals surface area contributed by atoms with Crippen LogP contribution in [0.3, 0.4) is 0 Å². The van der Waals surface area contributed by atoms with Crippen LogP contribution in [0.4, 0.5) is 0 Å². The van der Waals surface area contributed by atoms with E-state index in [0.29, 0.717) is 6.04 Å². The van der Waals surface area contributed by atoms with E-state index in [4.69, 9.17) is 10.5 Å². The SMILES string of the molecule is CCN(C(C)COC)C1(CN)CCCC(C(C)C)CC1. The van der Waals surface area contributed by atoms with Gasteiger partial charge < -0.3 is 10.5 Å². The van der Waals surface area contributed by atoms with Crippen LogP contribution in [0.25, 0.3) is 0 Å². The molecule has 3 nitrogen and oxygen atoms in total. The molecule has 2 N–H and O–H groups in total. The van der Waals surface area contributed by atoms with Gasteiger partial charge in [0.15, 0.2) is 0 Å². The number of likely N-dealkylation sites (N-methyl/N-ethyl adjacent to an activating group) is 1. The Kier molecular flexibility index (Phi) is 7.49. The summed E-state index contributed by atoms with van der Waals surface area (Å²) >= 11 is 0. The lowest BCUT2D eigenvalue weighted by atomic mass is 9.84. The number of rotatable bonds is 7. The Hall–Kier alpha value is -0.120. The van der Waals surface area contributed by atoms with Crippen molar-refractivity contribution in [2.45, 2.75) is 71.4 Å². The van der Waals surface area contributed by atoms with Gasteiger partial charge in [-0.3, -0.25) is 4.90 Å². The lowest BCUT2D eigenvalue weighted by Gasteiger charge is -2.46. The molecule has 0 radical (unpaired) electrons. The molecular formula is C17H36N2O. The van der Waals surface area contributed by atoms with Crippen molar-refractivity contribution in [1.82, 2.24) is 4.90 Å². The third-order valence-electron chi connectivity index (χ3n) is 5.41. The van der Waals surface area contributed by atoms with Crippen LogP contribution in [-0.4, -0.2) is 43.3 Å². The van der Waals surface area contributed by atoms with Crippen LogP contribution < -0.4 is 5.73 Å². The van der Waals surface area contributed by atoms with Gasteiger partial charge >= 0.3 is 0 Å². The largest absolute Gasteiger partial charge is 0.383 e. The van der Waals surface area contributed by atoms with Crippen LogP contribution in [0.15, 0.2) is 0 Å². The highest BCUT2D eigenvalue weighted by atomic mass is 16.5. The van der Waals surface area contributed by atoms with E-state index in [0.717, 1.165) is 31.5 Å². The van der Waals surface area contributed by atoms with Gasteiger partial charge in [0.1, 0.15) is 0 Å². The number of nitrogens with two attached hydrogens (primary N) is 1. The minimum absolute atomic E-state index is 0.191. The first-order chi connectivity index (χ1) is 9.50. The summed E-state index contributed by atoms with van der Waals surface area (Å²) in [5, 5.41) is 0. The van der Waals surface area contributed by atoms with Crippen molar-refractivity contribution in [3.05, 3.63) is 0 Å². The first kappa shape index (κ1) is 17.9. The monoisotopic (exact) mass is 284 g/mol. The predicted octanol–water partition coefficient (Wildman–Crippen LogP) is 3.28. The molecule has 120 valence electrons. The number of nitrogens with zero attached hydrogens (tertiary/aromatic N) is 1. The molecule has 20 heavy (non-hydrogen) atoms. The third-order valence-corrected chi connectivity index (χ3v) is 5.41. The van der Waals surface area contributed by atoms with Gasteiger partial charge in [0.05, 0.1) is 6.61 Å². The second kappa shape index (κ2) is 8.35. The first-order valence-corrected chi connectivity index (χ1v) is 8.46. The Bertz CT molecular complexity index is 270. The topological polar surface area (TPSA) is 38.5 Å². The molecule has 3 atom stereocenters. The van der Waals surface area contributed by atoms with Crippen molar-refractivity contribution in [2.24, 2.45) is 17.6 Å². The molecule has 1 aliphatic carbocycles. The minimum Gasteiger partial charge on any atom is -0.383 e. The average Bonchev–Trinajstić information content (AvgIpc) is 2.63. The van der Waals surface area contributed by atoms with Crippen LogP contribution in [0.2, 0.25) is 0 Å². The summed E-state index contributed by atoms with van der Waals surface area (Å²) in [6.45, 7) is 11.9. The Balaban J connectivity index is 2.83. The summed E-state index contributed by atoms with van der Waals surface area (Å²) in [7, 11) is 1.79. The number of methoxy groups -OCH3 is 1. The van der Waals surface area contributed by atoms with Crippen molar-refractivity contribution in [1.29, 1.82) is 0 Å². The zero-order valence-electron chi connectivity index (χ0n) is 14.3. The van der Waals surface area contributed by atoms with Gasteiger partial charge in [-0.05, 0) is 44.6 Å². The summed E-state index contributed by atoms with van der Waals surface area (Å²) in [5.74, 6) is 1.68. The number of hydrogen-bond acceptors (Lipinski definition) is 3. The zero-order valence-corrected chi connectivity index (χ0v) is 14.3. The maximum Gasteiger partial charge on any atom is 0.0615 e. The normalized spacial score (nSPS) is 29.7. The Morgan fingerprint density at radius 1 is 1.25 bits per heavy atom. The lowest BCUT2D eigenvalue weighted by molar-refractivity contribution is 0.0103. The Labute approximate surface area is 126 Å². The van der Waals surface area contributed by atoms with Crippen molar-refractivity contribution in [2.75, 3.05) is 26.8 Å². The van der Waals surface area contributed by atoms with Crippen molar-refractivity contribution >= 4 is 0 Å². The van der Waals surface area contributed by atoms with Crippen molar-refractivity contribution < 1.29 is 4.74 Å². The third kappa shape index (κ3) is 4.19. The van der Waals surface area contributed by atoms with E-state index in [2.05, 4.69) is 32.6 Å². The van der Waals surface area contributed by atoms with E-state index in [1.54, 1.807) is 7.11 Å². The molecule has 0 heterocycles. The predicted molar refractivity (Wildman–Crippen MR) is 86.9 cm³/mol. The van der Waals surface area contributed by atoms with E-state index in [9.17, 15) is 0 Å². The Morgan fingerprint density at radius 2 is 1.95 bits per heavy atom. The van der Waals surface area contributed by atoms with Crippen LogP contribution in [0, 0.1) is 11.8 Å². The summed E-state index contributed by atoms with van der Waals surface area (Å²) in [6.07, 6.45) is 6.50. The van der Waals surface area contributed by atoms with E-state index in [-0.39, 0.29) is 5.54 Å². The molecular weight excluding hydrogens is 248 g/mol. The molecule has 0 spiro atoms. The van der Waals surface area contributed by atoms with Crippen LogP contribution >= 0.6 is 0 Å². The van der Waals surface area contributed by atoms with E-state index in [1.165, 1.54) is 32.1 Å². The molecule has 0 aliphatic heterocycles.